The number of anilines is 1. The molecule has 0 aliphatic carbocycles. The highest BCUT2D eigenvalue weighted by Gasteiger charge is 2.11. The van der Waals surface area contributed by atoms with Gasteiger partial charge in [0.05, 0.1) is 12.7 Å². The molecule has 144 valence electrons. The average molecular weight is 396 g/mol. The van der Waals surface area contributed by atoms with Crippen molar-refractivity contribution >= 4 is 21.9 Å². The van der Waals surface area contributed by atoms with Gasteiger partial charge in [-0.25, -0.2) is 4.79 Å². The van der Waals surface area contributed by atoms with Gasteiger partial charge in [0, 0.05) is 12.2 Å². The fourth-order valence-corrected chi connectivity index (χ4v) is 3.53. The fraction of sp³-hybridized carbons (Fsp3) is 0.0952. The lowest BCUT2D eigenvalue weighted by Gasteiger charge is -2.11. The summed E-state index contributed by atoms with van der Waals surface area (Å²) in [4.78, 5) is 11.6. The summed E-state index contributed by atoms with van der Waals surface area (Å²) in [5.74, 6) is -0.471. The van der Waals surface area contributed by atoms with Gasteiger partial charge in [-0.05, 0) is 41.0 Å². The molecule has 6 nitrogen and oxygen atoms in total. The van der Waals surface area contributed by atoms with E-state index in [0.29, 0.717) is 16.8 Å². The number of benzene rings is 3. The molecule has 0 heterocycles. The molecule has 0 amide bonds. The molecule has 0 unspecified atom stereocenters. The lowest BCUT2D eigenvalue weighted by Crippen LogP contribution is -2.29. The predicted molar refractivity (Wildman–Crippen MR) is 109 cm³/mol. The number of nitrogens with one attached hydrogen (secondary N) is 2. The molecule has 2 N–H and O–H groups in total. The molecule has 7 heteroatoms. The quantitative estimate of drug-likeness (QED) is 0.598. The molecular weight excluding hydrogens is 376 g/mol. The number of methoxy groups -OCH3 is 1. The minimum Gasteiger partial charge on any atom is -0.465 e. The lowest BCUT2D eigenvalue weighted by molar-refractivity contribution is 0.0600. The Bertz CT molecular complexity index is 1050. The van der Waals surface area contributed by atoms with Crippen molar-refractivity contribution in [1.29, 1.82) is 0 Å². The summed E-state index contributed by atoms with van der Waals surface area (Å²) in [6, 6.07) is 23.5. The van der Waals surface area contributed by atoms with Crippen LogP contribution in [0.4, 0.5) is 5.69 Å². The summed E-state index contributed by atoms with van der Waals surface area (Å²) in [5, 5.41) is 0. The Kier molecular flexibility index (Phi) is 6.08. The van der Waals surface area contributed by atoms with Crippen molar-refractivity contribution in [3.63, 3.8) is 0 Å². The Hall–Kier alpha value is -3.16. The minimum absolute atomic E-state index is 0.0439. The van der Waals surface area contributed by atoms with Gasteiger partial charge in [-0.2, -0.15) is 13.1 Å². The van der Waals surface area contributed by atoms with Gasteiger partial charge in [-0.3, -0.25) is 4.72 Å². The third-order valence-corrected chi connectivity index (χ3v) is 5.09. The molecule has 0 atom stereocenters. The second-order valence-electron chi connectivity index (χ2n) is 6.06. The molecule has 0 saturated carbocycles. The van der Waals surface area contributed by atoms with Crippen LogP contribution in [0, 0.1) is 0 Å². The molecule has 0 aromatic heterocycles. The van der Waals surface area contributed by atoms with Gasteiger partial charge in [0.2, 0.25) is 0 Å². The van der Waals surface area contributed by atoms with Gasteiger partial charge in [0.1, 0.15) is 0 Å². The predicted octanol–water partition coefficient (Wildman–Crippen LogP) is 3.59. The van der Waals surface area contributed by atoms with E-state index in [1.54, 1.807) is 36.4 Å². The van der Waals surface area contributed by atoms with Crippen LogP contribution in [-0.2, 0) is 21.5 Å². The van der Waals surface area contributed by atoms with Crippen LogP contribution in [0.15, 0.2) is 78.9 Å². The van der Waals surface area contributed by atoms with Gasteiger partial charge in [-0.15, -0.1) is 0 Å². The molecule has 3 aromatic carbocycles. The van der Waals surface area contributed by atoms with Crippen LogP contribution in [0.1, 0.15) is 15.9 Å². The highest BCUT2D eigenvalue weighted by atomic mass is 32.2. The van der Waals surface area contributed by atoms with Crippen molar-refractivity contribution < 1.29 is 17.9 Å². The molecule has 0 radical (unpaired) electrons. The minimum atomic E-state index is -3.77. The number of carbonyl (C=O) groups is 1. The summed E-state index contributed by atoms with van der Waals surface area (Å²) in [5.41, 5.74) is 3.52. The summed E-state index contributed by atoms with van der Waals surface area (Å²) in [7, 11) is -2.47. The lowest BCUT2D eigenvalue weighted by atomic mass is 10.1. The standard InChI is InChI=1S/C21H20N2O4S/c1-27-21(24)19-9-5-6-16(14-19)15-22-28(25,26)23-20-12-10-18(11-13-20)17-7-3-2-4-8-17/h2-14,22-23H,15H2,1H3. The summed E-state index contributed by atoms with van der Waals surface area (Å²) in [6.45, 7) is 0.0439. The van der Waals surface area contributed by atoms with E-state index in [9.17, 15) is 13.2 Å². The van der Waals surface area contributed by atoms with Gasteiger partial charge in [0.15, 0.2) is 0 Å². The van der Waals surface area contributed by atoms with E-state index in [4.69, 9.17) is 0 Å². The maximum atomic E-state index is 12.3. The molecule has 0 fully saturated rings. The second kappa shape index (κ2) is 8.69. The van der Waals surface area contributed by atoms with Crippen LogP contribution in [0.3, 0.4) is 0 Å². The molecule has 3 aromatic rings. The molecule has 3 rings (SSSR count). The maximum Gasteiger partial charge on any atom is 0.337 e. The Morgan fingerprint density at radius 3 is 2.25 bits per heavy atom. The average Bonchev–Trinajstić information content (AvgIpc) is 2.73. The van der Waals surface area contributed by atoms with Crippen LogP contribution in [0.2, 0.25) is 0 Å². The molecule has 0 aliphatic heterocycles. The van der Waals surface area contributed by atoms with E-state index < -0.39 is 16.2 Å². The third-order valence-electron chi connectivity index (χ3n) is 4.06. The number of hydrogen-bond acceptors (Lipinski definition) is 4. The van der Waals surface area contributed by atoms with Crippen LogP contribution in [-0.4, -0.2) is 21.5 Å². The Morgan fingerprint density at radius 1 is 0.893 bits per heavy atom. The number of esters is 1. The first-order valence-corrected chi connectivity index (χ1v) is 10.1. The van der Waals surface area contributed by atoms with Crippen LogP contribution >= 0.6 is 0 Å². The monoisotopic (exact) mass is 396 g/mol. The number of rotatable bonds is 7. The largest absolute Gasteiger partial charge is 0.465 e. The smallest absolute Gasteiger partial charge is 0.337 e. The van der Waals surface area contributed by atoms with Crippen molar-refractivity contribution in [2.75, 3.05) is 11.8 Å². The van der Waals surface area contributed by atoms with Crippen molar-refractivity contribution in [2.24, 2.45) is 0 Å². The second-order valence-corrected chi connectivity index (χ2v) is 7.56. The maximum absolute atomic E-state index is 12.3. The Labute approximate surface area is 164 Å². The zero-order valence-corrected chi connectivity index (χ0v) is 16.1. The number of ether oxygens (including phenoxy) is 1. The van der Waals surface area contributed by atoms with E-state index in [0.717, 1.165) is 11.1 Å². The van der Waals surface area contributed by atoms with Crippen molar-refractivity contribution in [2.45, 2.75) is 6.54 Å². The SMILES string of the molecule is COC(=O)c1cccc(CNS(=O)(=O)Nc2ccc(-c3ccccc3)cc2)c1. The normalized spacial score (nSPS) is 11.0. The fourth-order valence-electron chi connectivity index (χ4n) is 2.66. The van der Waals surface area contributed by atoms with Crippen molar-refractivity contribution in [1.82, 2.24) is 4.72 Å². The van der Waals surface area contributed by atoms with Gasteiger partial charge in [0.25, 0.3) is 10.2 Å². The van der Waals surface area contributed by atoms with E-state index in [2.05, 4.69) is 14.2 Å². The topological polar surface area (TPSA) is 84.5 Å². The van der Waals surface area contributed by atoms with Crippen LogP contribution < -0.4 is 9.44 Å². The first-order valence-electron chi connectivity index (χ1n) is 8.57. The zero-order chi connectivity index (χ0) is 20.0. The molecular formula is C21H20N2O4S. The highest BCUT2D eigenvalue weighted by molar-refractivity contribution is 7.90. The van der Waals surface area contributed by atoms with Crippen molar-refractivity contribution in [3.8, 4) is 11.1 Å². The van der Waals surface area contributed by atoms with Gasteiger partial charge >= 0.3 is 5.97 Å². The molecule has 0 saturated heterocycles. The number of carbonyl (C=O) groups excluding carboxylic acids is 1. The van der Waals surface area contributed by atoms with Crippen LogP contribution in [0.5, 0.6) is 0 Å². The van der Waals surface area contributed by atoms with Crippen molar-refractivity contribution in [3.05, 3.63) is 90.0 Å². The zero-order valence-electron chi connectivity index (χ0n) is 15.3. The molecule has 0 bridgehead atoms. The Morgan fingerprint density at radius 2 is 1.57 bits per heavy atom. The summed E-state index contributed by atoms with van der Waals surface area (Å²) < 4.78 is 34.2. The highest BCUT2D eigenvalue weighted by Crippen LogP contribution is 2.21. The first kappa shape index (κ1) is 19.6. The van der Waals surface area contributed by atoms with E-state index in [1.807, 2.05) is 42.5 Å². The Balaban J connectivity index is 1.63. The van der Waals surface area contributed by atoms with Gasteiger partial charge < -0.3 is 4.74 Å². The molecule has 0 spiro atoms. The van der Waals surface area contributed by atoms with E-state index in [-0.39, 0.29) is 6.54 Å². The van der Waals surface area contributed by atoms with E-state index >= 15 is 0 Å². The third kappa shape index (κ3) is 5.18. The first-order chi connectivity index (χ1) is 13.5. The van der Waals surface area contributed by atoms with Crippen LogP contribution in [0.25, 0.3) is 11.1 Å². The molecule has 28 heavy (non-hydrogen) atoms. The number of hydrogen-bond donors (Lipinski definition) is 2. The molecule has 0 aliphatic rings. The van der Waals surface area contributed by atoms with Gasteiger partial charge in [-0.1, -0.05) is 54.6 Å². The van der Waals surface area contributed by atoms with E-state index in [1.165, 1.54) is 7.11 Å². The summed E-state index contributed by atoms with van der Waals surface area (Å²) >= 11 is 0. The summed E-state index contributed by atoms with van der Waals surface area (Å²) in [6.07, 6.45) is 0.